The van der Waals surface area contributed by atoms with Crippen LogP contribution in [0.25, 0.3) is 0 Å². The molecule has 0 unspecified atom stereocenters. The number of methoxy groups -OCH3 is 1. The van der Waals surface area contributed by atoms with E-state index in [1.54, 1.807) is 12.0 Å². The first-order chi connectivity index (χ1) is 10.6. The number of aromatic nitrogens is 2. The highest BCUT2D eigenvalue weighted by Crippen LogP contribution is 2.28. The quantitative estimate of drug-likeness (QED) is 0.885. The second-order valence-corrected chi connectivity index (χ2v) is 6.42. The third-order valence-corrected chi connectivity index (χ3v) is 4.46. The summed E-state index contributed by atoms with van der Waals surface area (Å²) in [5, 5.41) is 17.2. The highest BCUT2D eigenvalue weighted by molar-refractivity contribution is 5.89. The molecule has 1 saturated heterocycles. The van der Waals surface area contributed by atoms with Crippen LogP contribution in [0.1, 0.15) is 38.1 Å². The number of β-amino-alcohol motifs (C(OH)–C–C–N with tert-alkyl or cyclic N) is 1. The van der Waals surface area contributed by atoms with Crippen LogP contribution < -0.4 is 5.32 Å². The molecule has 0 atom stereocenters. The zero-order valence-corrected chi connectivity index (χ0v) is 13.0. The number of urea groups is 1. The fourth-order valence-electron chi connectivity index (χ4n) is 3.31. The summed E-state index contributed by atoms with van der Waals surface area (Å²) in [6, 6.07) is 2.05. The summed E-state index contributed by atoms with van der Waals surface area (Å²) >= 11 is 0. The van der Waals surface area contributed by atoms with Gasteiger partial charge < -0.3 is 14.7 Å². The molecule has 0 radical (unpaired) electrons. The van der Waals surface area contributed by atoms with Crippen LogP contribution in [-0.2, 0) is 4.74 Å². The number of ether oxygens (including phenoxy) is 1. The average molecular weight is 308 g/mol. The van der Waals surface area contributed by atoms with Crippen molar-refractivity contribution in [2.75, 3.05) is 32.1 Å². The zero-order chi connectivity index (χ0) is 15.6. The highest BCUT2D eigenvalue weighted by atomic mass is 16.5. The molecular weight excluding hydrogens is 284 g/mol. The van der Waals surface area contributed by atoms with Crippen molar-refractivity contribution in [2.24, 2.45) is 0 Å². The maximum Gasteiger partial charge on any atom is 0.323 e. The van der Waals surface area contributed by atoms with Gasteiger partial charge in [0, 0.05) is 19.4 Å². The monoisotopic (exact) mass is 308 g/mol. The Morgan fingerprint density at radius 2 is 2.18 bits per heavy atom. The number of carbonyl (C=O) groups is 1. The number of anilines is 1. The van der Waals surface area contributed by atoms with Gasteiger partial charge in [-0.1, -0.05) is 19.3 Å². The number of aliphatic hydroxyl groups is 1. The Labute approximate surface area is 130 Å². The van der Waals surface area contributed by atoms with E-state index in [9.17, 15) is 9.90 Å². The lowest BCUT2D eigenvalue weighted by molar-refractivity contribution is -0.113. The molecule has 2 fully saturated rings. The molecule has 1 aliphatic heterocycles. The third-order valence-electron chi connectivity index (χ3n) is 4.46. The minimum absolute atomic E-state index is 0.227. The van der Waals surface area contributed by atoms with E-state index in [2.05, 4.69) is 10.4 Å². The van der Waals surface area contributed by atoms with E-state index in [-0.39, 0.29) is 25.7 Å². The van der Waals surface area contributed by atoms with Gasteiger partial charge >= 0.3 is 6.03 Å². The molecule has 7 heteroatoms. The third kappa shape index (κ3) is 3.25. The van der Waals surface area contributed by atoms with Gasteiger partial charge in [0.05, 0.1) is 25.7 Å². The van der Waals surface area contributed by atoms with E-state index in [4.69, 9.17) is 4.74 Å². The van der Waals surface area contributed by atoms with Crippen molar-refractivity contribution in [3.05, 3.63) is 12.3 Å². The second-order valence-electron chi connectivity index (χ2n) is 6.42. The molecule has 2 N–H and O–H groups in total. The first-order valence-electron chi connectivity index (χ1n) is 7.92. The average Bonchev–Trinajstić information content (AvgIpc) is 2.94. The van der Waals surface area contributed by atoms with Crippen LogP contribution in [0.15, 0.2) is 12.3 Å². The lowest BCUT2D eigenvalue weighted by atomic mass is 9.96. The molecule has 2 aliphatic rings. The molecule has 0 aromatic carbocycles. The van der Waals surface area contributed by atoms with Gasteiger partial charge in [0.1, 0.15) is 5.60 Å². The molecule has 2 amide bonds. The lowest BCUT2D eigenvalue weighted by Gasteiger charge is -2.45. The molecule has 1 aromatic heterocycles. The van der Waals surface area contributed by atoms with Crippen LogP contribution in [0.5, 0.6) is 0 Å². The number of nitrogens with zero attached hydrogens (tertiary/aromatic N) is 3. The molecule has 2 heterocycles. The van der Waals surface area contributed by atoms with Crippen molar-refractivity contribution in [3.8, 4) is 0 Å². The summed E-state index contributed by atoms with van der Waals surface area (Å²) in [6.45, 7) is 0.819. The van der Waals surface area contributed by atoms with Crippen LogP contribution in [0, 0.1) is 0 Å². The number of nitrogens with one attached hydrogen (secondary N) is 1. The second kappa shape index (κ2) is 6.26. The minimum atomic E-state index is -0.909. The number of hydrogen-bond acceptors (Lipinski definition) is 4. The number of hydrogen-bond donors (Lipinski definition) is 2. The Hall–Kier alpha value is -1.60. The summed E-state index contributed by atoms with van der Waals surface area (Å²) in [6.07, 6.45) is 8.05. The Morgan fingerprint density at radius 1 is 1.45 bits per heavy atom. The molecule has 3 rings (SSSR count). The summed E-state index contributed by atoms with van der Waals surface area (Å²) in [7, 11) is 1.54. The number of carbonyl (C=O) groups excluding carboxylic acids is 1. The fourth-order valence-corrected chi connectivity index (χ4v) is 3.31. The van der Waals surface area contributed by atoms with Crippen molar-refractivity contribution in [1.29, 1.82) is 0 Å². The molecule has 0 bridgehead atoms. The Balaban J connectivity index is 1.51. The first kappa shape index (κ1) is 15.3. The number of rotatable bonds is 4. The van der Waals surface area contributed by atoms with E-state index >= 15 is 0 Å². The van der Waals surface area contributed by atoms with E-state index in [0.29, 0.717) is 11.9 Å². The maximum atomic E-state index is 12.1. The molecular formula is C15H24N4O3. The van der Waals surface area contributed by atoms with Crippen molar-refractivity contribution in [2.45, 2.75) is 43.7 Å². The van der Waals surface area contributed by atoms with Gasteiger partial charge in [0.2, 0.25) is 0 Å². The van der Waals surface area contributed by atoms with Gasteiger partial charge in [0.15, 0.2) is 5.82 Å². The van der Waals surface area contributed by atoms with Crippen LogP contribution in [-0.4, -0.2) is 58.2 Å². The SMILES string of the molecule is COCC1(O)CN(C(=O)Nc2ccn(C3CCCCC3)n2)C1. The first-order valence-corrected chi connectivity index (χ1v) is 7.92. The number of likely N-dealkylation sites (tertiary alicyclic amines) is 1. The van der Waals surface area contributed by atoms with Crippen molar-refractivity contribution in [3.63, 3.8) is 0 Å². The molecule has 122 valence electrons. The number of amides is 2. The van der Waals surface area contributed by atoms with Crippen LogP contribution in [0.2, 0.25) is 0 Å². The van der Waals surface area contributed by atoms with Gasteiger partial charge in [-0.2, -0.15) is 5.10 Å². The van der Waals surface area contributed by atoms with Gasteiger partial charge in [0.25, 0.3) is 0 Å². The van der Waals surface area contributed by atoms with Crippen molar-refractivity contribution < 1.29 is 14.6 Å². The van der Waals surface area contributed by atoms with Crippen LogP contribution in [0.4, 0.5) is 10.6 Å². The Bertz CT molecular complexity index is 519. The normalized spacial score (nSPS) is 21.5. The van der Waals surface area contributed by atoms with Crippen molar-refractivity contribution in [1.82, 2.24) is 14.7 Å². The van der Waals surface area contributed by atoms with E-state index in [1.807, 2.05) is 16.9 Å². The Kier molecular flexibility index (Phi) is 4.35. The van der Waals surface area contributed by atoms with Crippen molar-refractivity contribution >= 4 is 11.8 Å². The predicted molar refractivity (Wildman–Crippen MR) is 81.8 cm³/mol. The smallest absolute Gasteiger partial charge is 0.323 e. The van der Waals surface area contributed by atoms with Crippen LogP contribution >= 0.6 is 0 Å². The topological polar surface area (TPSA) is 79.6 Å². The molecule has 1 saturated carbocycles. The molecule has 1 aromatic rings. The maximum absolute atomic E-state index is 12.1. The van der Waals surface area contributed by atoms with Gasteiger partial charge in [-0.05, 0) is 12.8 Å². The predicted octanol–water partition coefficient (Wildman–Crippen LogP) is 1.61. The summed E-state index contributed by atoms with van der Waals surface area (Å²) in [5.74, 6) is 0.567. The zero-order valence-electron chi connectivity index (χ0n) is 13.0. The van der Waals surface area contributed by atoms with Gasteiger partial charge in [-0.3, -0.25) is 10.00 Å². The Morgan fingerprint density at radius 3 is 2.86 bits per heavy atom. The van der Waals surface area contributed by atoms with Gasteiger partial charge in [-0.15, -0.1) is 0 Å². The highest BCUT2D eigenvalue weighted by Gasteiger charge is 2.43. The molecule has 7 nitrogen and oxygen atoms in total. The van der Waals surface area contributed by atoms with E-state index < -0.39 is 5.60 Å². The lowest BCUT2D eigenvalue weighted by Crippen LogP contribution is -2.66. The summed E-state index contributed by atoms with van der Waals surface area (Å²) in [5.41, 5.74) is -0.909. The largest absolute Gasteiger partial charge is 0.384 e. The standard InChI is InChI=1S/C15H24N4O3/c1-22-11-15(21)9-18(10-15)14(20)16-13-7-8-19(17-13)12-5-3-2-4-6-12/h7-8,12,21H,2-6,9-11H2,1H3,(H,16,17,20). The molecule has 22 heavy (non-hydrogen) atoms. The minimum Gasteiger partial charge on any atom is -0.384 e. The van der Waals surface area contributed by atoms with E-state index in [1.165, 1.54) is 19.3 Å². The fraction of sp³-hybridized carbons (Fsp3) is 0.733. The molecule has 1 aliphatic carbocycles. The summed E-state index contributed by atoms with van der Waals surface area (Å²) < 4.78 is 6.91. The molecule has 0 spiro atoms. The van der Waals surface area contributed by atoms with Crippen LogP contribution in [0.3, 0.4) is 0 Å². The van der Waals surface area contributed by atoms with Gasteiger partial charge in [-0.25, -0.2) is 4.79 Å². The summed E-state index contributed by atoms with van der Waals surface area (Å²) in [4.78, 5) is 13.6. The van der Waals surface area contributed by atoms with E-state index in [0.717, 1.165) is 12.8 Å².